The summed E-state index contributed by atoms with van der Waals surface area (Å²) in [6.45, 7) is 7.08. The lowest BCUT2D eigenvalue weighted by molar-refractivity contribution is -0.125. The first-order valence-electron chi connectivity index (χ1n) is 9.07. The molecule has 0 spiro atoms. The fourth-order valence-corrected chi connectivity index (χ4v) is 3.84. The largest absolute Gasteiger partial charge is 0.374 e. The van der Waals surface area contributed by atoms with Gasteiger partial charge in [-0.05, 0) is 45.6 Å². The molecule has 1 atom stereocenters. The molecule has 3 rings (SSSR count). The molecule has 1 saturated carbocycles. The predicted molar refractivity (Wildman–Crippen MR) is 92.8 cm³/mol. The highest BCUT2D eigenvalue weighted by Gasteiger charge is 2.36. The molecule has 2 fully saturated rings. The summed E-state index contributed by atoms with van der Waals surface area (Å²) in [7, 11) is 0. The van der Waals surface area contributed by atoms with Crippen molar-refractivity contribution in [3.05, 3.63) is 17.5 Å². The van der Waals surface area contributed by atoms with Crippen molar-refractivity contribution >= 4 is 5.91 Å². The topological polar surface area (TPSA) is 83.2 Å². The number of ether oxygens (including phenoxy) is 1. The average Bonchev–Trinajstić information content (AvgIpc) is 3.15. The van der Waals surface area contributed by atoms with Gasteiger partial charge in [0.2, 0.25) is 5.91 Å². The second-order valence-electron chi connectivity index (χ2n) is 7.29. The molecule has 7 heteroatoms. The van der Waals surface area contributed by atoms with Gasteiger partial charge in [-0.3, -0.25) is 14.4 Å². The van der Waals surface area contributed by atoms with Crippen molar-refractivity contribution in [3.63, 3.8) is 0 Å². The number of carbonyl (C=O) groups is 1. The number of carbonyl (C=O) groups excluding carboxylic acids is 1. The van der Waals surface area contributed by atoms with Crippen molar-refractivity contribution in [1.29, 1.82) is 5.26 Å². The Morgan fingerprint density at radius 3 is 2.88 bits per heavy atom. The quantitative estimate of drug-likeness (QED) is 0.866. The van der Waals surface area contributed by atoms with Crippen LogP contribution in [0.15, 0.2) is 6.07 Å². The number of nitrogens with one attached hydrogen (secondary N) is 1. The van der Waals surface area contributed by atoms with E-state index in [1.807, 2.05) is 18.5 Å². The van der Waals surface area contributed by atoms with Crippen molar-refractivity contribution < 1.29 is 9.53 Å². The van der Waals surface area contributed by atoms with E-state index in [1.54, 1.807) is 0 Å². The van der Waals surface area contributed by atoms with E-state index in [0.29, 0.717) is 26.2 Å². The molecule has 1 N–H and O–H groups in total. The molecule has 7 nitrogen and oxygen atoms in total. The van der Waals surface area contributed by atoms with Gasteiger partial charge in [0, 0.05) is 18.8 Å². The number of amides is 1. The van der Waals surface area contributed by atoms with E-state index in [4.69, 9.17) is 4.74 Å². The maximum absolute atomic E-state index is 12.4. The molecule has 1 aliphatic carbocycles. The van der Waals surface area contributed by atoms with Crippen molar-refractivity contribution in [2.24, 2.45) is 0 Å². The third kappa shape index (κ3) is 4.39. The lowest BCUT2D eigenvalue weighted by Gasteiger charge is -2.33. The molecule has 0 bridgehead atoms. The summed E-state index contributed by atoms with van der Waals surface area (Å²) in [5, 5.41) is 16.8. The molecule has 2 heterocycles. The fraction of sp³-hybridized carbons (Fsp3) is 0.722. The van der Waals surface area contributed by atoms with Crippen LogP contribution in [0.3, 0.4) is 0 Å². The molecule has 1 aromatic rings. The van der Waals surface area contributed by atoms with E-state index in [9.17, 15) is 10.1 Å². The van der Waals surface area contributed by atoms with E-state index >= 15 is 0 Å². The highest BCUT2D eigenvalue weighted by Crippen LogP contribution is 2.28. The van der Waals surface area contributed by atoms with Crippen LogP contribution in [-0.2, 0) is 16.1 Å². The third-order valence-corrected chi connectivity index (χ3v) is 5.12. The fourth-order valence-electron chi connectivity index (χ4n) is 3.84. The Morgan fingerprint density at radius 2 is 2.24 bits per heavy atom. The molecule has 1 aromatic heterocycles. The number of hydrogen-bond acceptors (Lipinski definition) is 5. The number of aromatic nitrogens is 2. The maximum atomic E-state index is 12.4. The number of nitriles is 1. The average molecular weight is 345 g/mol. The molecule has 1 aliphatic heterocycles. The van der Waals surface area contributed by atoms with Crippen molar-refractivity contribution in [1.82, 2.24) is 20.0 Å². The van der Waals surface area contributed by atoms with E-state index in [-0.39, 0.29) is 12.0 Å². The van der Waals surface area contributed by atoms with Crippen LogP contribution in [-0.4, -0.2) is 58.5 Å². The van der Waals surface area contributed by atoms with Gasteiger partial charge in [0.1, 0.15) is 5.54 Å². The molecule has 1 amide bonds. The van der Waals surface area contributed by atoms with Crippen molar-refractivity contribution in [2.45, 2.75) is 57.7 Å². The Labute approximate surface area is 148 Å². The highest BCUT2D eigenvalue weighted by atomic mass is 16.5. The summed E-state index contributed by atoms with van der Waals surface area (Å²) >= 11 is 0. The monoisotopic (exact) mass is 345 g/mol. The summed E-state index contributed by atoms with van der Waals surface area (Å²) in [6.07, 6.45) is 3.57. The van der Waals surface area contributed by atoms with Crippen LogP contribution < -0.4 is 5.32 Å². The van der Waals surface area contributed by atoms with Crippen LogP contribution in [0, 0.1) is 25.2 Å². The van der Waals surface area contributed by atoms with Crippen molar-refractivity contribution in [2.75, 3.05) is 26.2 Å². The summed E-state index contributed by atoms with van der Waals surface area (Å²) in [6, 6.07) is 4.36. The lowest BCUT2D eigenvalue weighted by Crippen LogP contribution is -2.52. The molecular weight excluding hydrogens is 318 g/mol. The van der Waals surface area contributed by atoms with Gasteiger partial charge in [-0.2, -0.15) is 10.4 Å². The van der Waals surface area contributed by atoms with Gasteiger partial charge in [0.05, 0.1) is 37.6 Å². The predicted octanol–water partition coefficient (Wildman–Crippen LogP) is 1.15. The van der Waals surface area contributed by atoms with Gasteiger partial charge < -0.3 is 10.1 Å². The van der Waals surface area contributed by atoms with Crippen LogP contribution in [0.2, 0.25) is 0 Å². The van der Waals surface area contributed by atoms with E-state index < -0.39 is 5.54 Å². The molecule has 25 heavy (non-hydrogen) atoms. The van der Waals surface area contributed by atoms with Crippen molar-refractivity contribution in [3.8, 4) is 6.07 Å². The summed E-state index contributed by atoms with van der Waals surface area (Å²) < 4.78 is 7.81. The number of rotatable bonds is 5. The van der Waals surface area contributed by atoms with Gasteiger partial charge in [-0.15, -0.1) is 0 Å². The molecule has 0 radical (unpaired) electrons. The lowest BCUT2D eigenvalue weighted by atomic mass is 10.00. The van der Waals surface area contributed by atoms with Crippen LogP contribution in [0.5, 0.6) is 0 Å². The first-order chi connectivity index (χ1) is 12.0. The highest BCUT2D eigenvalue weighted by molar-refractivity contribution is 5.79. The summed E-state index contributed by atoms with van der Waals surface area (Å²) in [5.74, 6) is -0.0600. The Morgan fingerprint density at radius 1 is 1.48 bits per heavy atom. The minimum Gasteiger partial charge on any atom is -0.374 e. The molecule has 0 aromatic carbocycles. The molecule has 0 unspecified atom stereocenters. The standard InChI is InChI=1S/C18H27N5O2/c1-14-9-15(2)23(21-14)11-16-10-22(7-8-25-16)12-17(24)20-18(13-19)5-3-4-6-18/h9,16H,3-8,10-12H2,1-2H3,(H,20,24)/t16-/m1/s1. The zero-order chi connectivity index (χ0) is 17.9. The third-order valence-electron chi connectivity index (χ3n) is 5.12. The maximum Gasteiger partial charge on any atom is 0.235 e. The summed E-state index contributed by atoms with van der Waals surface area (Å²) in [4.78, 5) is 14.5. The van der Waals surface area contributed by atoms with Gasteiger partial charge in [-0.25, -0.2) is 0 Å². The molecule has 2 aliphatic rings. The van der Waals surface area contributed by atoms with Crippen LogP contribution in [0.1, 0.15) is 37.1 Å². The Bertz CT molecular complexity index is 657. The van der Waals surface area contributed by atoms with Gasteiger partial charge in [0.15, 0.2) is 0 Å². The zero-order valence-corrected chi connectivity index (χ0v) is 15.1. The van der Waals surface area contributed by atoms with E-state index in [1.165, 1.54) is 0 Å². The van der Waals surface area contributed by atoms with Crippen LogP contribution in [0.4, 0.5) is 0 Å². The van der Waals surface area contributed by atoms with Gasteiger partial charge >= 0.3 is 0 Å². The smallest absolute Gasteiger partial charge is 0.235 e. The van der Waals surface area contributed by atoms with Gasteiger partial charge in [0.25, 0.3) is 0 Å². The number of aryl methyl sites for hydroxylation is 2. The zero-order valence-electron chi connectivity index (χ0n) is 15.1. The van der Waals surface area contributed by atoms with Crippen LogP contribution in [0.25, 0.3) is 0 Å². The number of morpholine rings is 1. The Kier molecular flexibility index (Phi) is 5.40. The number of nitrogens with zero attached hydrogens (tertiary/aromatic N) is 4. The van der Waals surface area contributed by atoms with E-state index in [0.717, 1.165) is 43.6 Å². The first kappa shape index (κ1) is 17.9. The number of hydrogen-bond donors (Lipinski definition) is 1. The Balaban J connectivity index is 1.52. The molecule has 136 valence electrons. The summed E-state index contributed by atoms with van der Waals surface area (Å²) in [5.41, 5.74) is 1.48. The van der Waals surface area contributed by atoms with Gasteiger partial charge in [-0.1, -0.05) is 0 Å². The minimum atomic E-state index is -0.646. The first-order valence-corrected chi connectivity index (χ1v) is 9.07. The van der Waals surface area contributed by atoms with Crippen LogP contribution >= 0.6 is 0 Å². The molecular formula is C18H27N5O2. The second-order valence-corrected chi connectivity index (χ2v) is 7.29. The second kappa shape index (κ2) is 7.54. The normalized spacial score (nSPS) is 23.3. The van der Waals surface area contributed by atoms with E-state index in [2.05, 4.69) is 27.5 Å². The SMILES string of the molecule is Cc1cc(C)n(C[C@H]2CN(CC(=O)NC3(C#N)CCCC3)CCO2)n1. The molecule has 1 saturated heterocycles. The Hall–Kier alpha value is -1.91. The minimum absolute atomic E-state index is 0.0240.